The van der Waals surface area contributed by atoms with E-state index in [1.807, 2.05) is 6.92 Å². The van der Waals surface area contributed by atoms with Crippen molar-refractivity contribution < 1.29 is 27.5 Å². The zero-order valence-electron chi connectivity index (χ0n) is 21.9. The molecule has 5 N–H and O–H groups in total. The summed E-state index contributed by atoms with van der Waals surface area (Å²) in [7, 11) is 0. The number of benzene rings is 1. The van der Waals surface area contributed by atoms with Gasteiger partial charge in [0.2, 0.25) is 0 Å². The van der Waals surface area contributed by atoms with Crippen molar-refractivity contribution in [1.29, 1.82) is 0 Å². The highest BCUT2D eigenvalue weighted by Gasteiger charge is 2.42. The Morgan fingerprint density at radius 1 is 1.18 bits per heavy atom. The number of alkyl halides is 3. The number of carbonyl (C=O) groups excluding carboxylic acids is 2. The van der Waals surface area contributed by atoms with Gasteiger partial charge >= 0.3 is 6.36 Å². The van der Waals surface area contributed by atoms with Gasteiger partial charge in [-0.3, -0.25) is 9.59 Å². The van der Waals surface area contributed by atoms with Gasteiger partial charge in [-0.2, -0.15) is 0 Å². The van der Waals surface area contributed by atoms with Gasteiger partial charge < -0.3 is 26.4 Å². The second-order valence-corrected chi connectivity index (χ2v) is 11.0. The van der Waals surface area contributed by atoms with Crippen LogP contribution >= 0.6 is 0 Å². The molecule has 2 fully saturated rings. The molecule has 2 amide bonds. The van der Waals surface area contributed by atoms with Crippen LogP contribution in [0.5, 0.6) is 5.75 Å². The first-order valence-corrected chi connectivity index (χ1v) is 13.4. The molecule has 13 heteroatoms. The summed E-state index contributed by atoms with van der Waals surface area (Å²) < 4.78 is 45.9. The molecule has 0 saturated heterocycles. The van der Waals surface area contributed by atoms with E-state index in [9.17, 15) is 22.8 Å². The zero-order chi connectivity index (χ0) is 28.3. The summed E-state index contributed by atoms with van der Waals surface area (Å²) in [6.07, 6.45) is 1.62. The number of ether oxygens (including phenoxy) is 1. The van der Waals surface area contributed by atoms with E-state index in [-0.39, 0.29) is 53.0 Å². The number of amides is 2. The second kappa shape index (κ2) is 9.65. The first-order chi connectivity index (χ1) is 19.0. The maximum atomic E-state index is 13.4. The van der Waals surface area contributed by atoms with E-state index in [1.165, 1.54) is 16.8 Å². The highest BCUT2D eigenvalue weighted by molar-refractivity contribution is 6.05. The third-order valence-electron chi connectivity index (χ3n) is 8.16. The van der Waals surface area contributed by atoms with Crippen molar-refractivity contribution >= 4 is 23.3 Å². The third kappa shape index (κ3) is 4.93. The van der Waals surface area contributed by atoms with E-state index in [4.69, 9.17) is 11.5 Å². The smallest absolute Gasteiger partial charge is 0.405 e. The number of hydrogen-bond donors (Lipinski definition) is 3. The molecule has 2 aromatic heterocycles. The van der Waals surface area contributed by atoms with Crippen molar-refractivity contribution in [2.75, 3.05) is 5.73 Å². The first-order valence-electron chi connectivity index (χ1n) is 13.4. The van der Waals surface area contributed by atoms with E-state index in [0.717, 1.165) is 38.5 Å². The van der Waals surface area contributed by atoms with Gasteiger partial charge in [0.05, 0.1) is 11.3 Å². The molecule has 1 aliphatic heterocycles. The molecule has 1 atom stereocenters. The Morgan fingerprint density at radius 2 is 1.90 bits per heavy atom. The summed E-state index contributed by atoms with van der Waals surface area (Å²) in [6, 6.07) is 4.36. The quantitative estimate of drug-likeness (QED) is 0.420. The van der Waals surface area contributed by atoms with Gasteiger partial charge in [-0.25, -0.2) is 9.50 Å². The number of fused-ring (bicyclic) bond motifs is 2. The lowest BCUT2D eigenvalue weighted by Crippen LogP contribution is -2.40. The molecule has 3 aliphatic rings. The molecule has 3 heterocycles. The van der Waals surface area contributed by atoms with Gasteiger partial charge in [0.15, 0.2) is 11.5 Å². The van der Waals surface area contributed by atoms with E-state index in [2.05, 4.69) is 20.1 Å². The van der Waals surface area contributed by atoms with Crippen LogP contribution in [0.15, 0.2) is 24.4 Å². The molecule has 1 aromatic carbocycles. The number of rotatable bonds is 6. The topological polar surface area (TPSA) is 141 Å². The summed E-state index contributed by atoms with van der Waals surface area (Å²) in [5.74, 6) is -1.15. The maximum absolute atomic E-state index is 13.4. The summed E-state index contributed by atoms with van der Waals surface area (Å²) in [5, 5.41) is 7.17. The van der Waals surface area contributed by atoms with Crippen LogP contribution in [-0.4, -0.2) is 55.8 Å². The molecule has 3 aromatic rings. The average molecular weight is 558 g/mol. The number of nitrogens with two attached hydrogens (primary N) is 2. The Morgan fingerprint density at radius 3 is 2.58 bits per heavy atom. The largest absolute Gasteiger partial charge is 0.573 e. The number of nitrogen functional groups attached to an aromatic ring is 1. The monoisotopic (exact) mass is 557 g/mol. The minimum Gasteiger partial charge on any atom is -0.405 e. The maximum Gasteiger partial charge on any atom is 0.573 e. The van der Waals surface area contributed by atoms with Crippen LogP contribution in [0.4, 0.5) is 19.0 Å². The highest BCUT2D eigenvalue weighted by atomic mass is 19.4. The molecule has 0 spiro atoms. The van der Waals surface area contributed by atoms with Crippen molar-refractivity contribution in [3.63, 3.8) is 0 Å². The molecule has 0 radical (unpaired) electrons. The number of nitrogens with one attached hydrogen (secondary N) is 1. The number of halogens is 3. The van der Waals surface area contributed by atoms with Crippen LogP contribution in [0.1, 0.15) is 71.7 Å². The van der Waals surface area contributed by atoms with Gasteiger partial charge in [-0.15, -0.1) is 18.3 Å². The predicted octanol–water partition coefficient (Wildman–Crippen LogP) is 3.63. The number of aromatic nitrogens is 3. The molecular weight excluding hydrogens is 527 g/mol. The van der Waals surface area contributed by atoms with Gasteiger partial charge in [0, 0.05) is 36.4 Å². The molecule has 6 rings (SSSR count). The molecule has 2 aliphatic carbocycles. The van der Waals surface area contributed by atoms with Crippen LogP contribution in [0.2, 0.25) is 0 Å². The fraction of sp³-hybridized carbons (Fsp3) is 0.481. The van der Waals surface area contributed by atoms with Crippen LogP contribution < -0.4 is 21.5 Å². The van der Waals surface area contributed by atoms with Gasteiger partial charge in [-0.1, -0.05) is 0 Å². The van der Waals surface area contributed by atoms with Gasteiger partial charge in [0.1, 0.15) is 11.3 Å². The lowest BCUT2D eigenvalue weighted by Gasteiger charge is -2.26. The summed E-state index contributed by atoms with van der Waals surface area (Å²) in [6.45, 7) is 2.09. The molecule has 40 heavy (non-hydrogen) atoms. The molecular formula is C27H30F3N7O3. The molecule has 2 saturated carbocycles. The number of nitrogens with zero attached hydrogens (tertiary/aromatic N) is 4. The highest BCUT2D eigenvalue weighted by Crippen LogP contribution is 2.42. The fourth-order valence-corrected chi connectivity index (χ4v) is 5.80. The van der Waals surface area contributed by atoms with Crippen molar-refractivity contribution in [3.05, 3.63) is 41.1 Å². The van der Waals surface area contributed by atoms with E-state index < -0.39 is 23.9 Å². The van der Waals surface area contributed by atoms with E-state index in [1.54, 1.807) is 17.0 Å². The SMILES string of the molecule is C[C@@H](C1CC1)N1Cc2cc(-c3ccn4nc(N)c(C(=O)NC5CCC(N)CC5)c4n3)cc(OC(F)(F)F)c2C1=O. The lowest BCUT2D eigenvalue weighted by atomic mass is 9.91. The Kier molecular flexibility index (Phi) is 6.36. The Bertz CT molecular complexity index is 1490. The van der Waals surface area contributed by atoms with Crippen LogP contribution in [0.25, 0.3) is 16.9 Å². The molecule has 0 bridgehead atoms. The minimum atomic E-state index is -4.99. The minimum absolute atomic E-state index is 0.0139. The molecule has 10 nitrogen and oxygen atoms in total. The van der Waals surface area contributed by atoms with Crippen molar-refractivity contribution in [2.24, 2.45) is 11.7 Å². The van der Waals surface area contributed by atoms with Crippen LogP contribution in [0, 0.1) is 5.92 Å². The summed E-state index contributed by atoms with van der Waals surface area (Å²) in [4.78, 5) is 32.6. The van der Waals surface area contributed by atoms with E-state index >= 15 is 0 Å². The zero-order valence-corrected chi connectivity index (χ0v) is 21.9. The van der Waals surface area contributed by atoms with Crippen molar-refractivity contribution in [2.45, 2.75) is 76.5 Å². The van der Waals surface area contributed by atoms with Crippen molar-refractivity contribution in [1.82, 2.24) is 24.8 Å². The summed E-state index contributed by atoms with van der Waals surface area (Å²) >= 11 is 0. The lowest BCUT2D eigenvalue weighted by molar-refractivity contribution is -0.274. The van der Waals surface area contributed by atoms with E-state index in [0.29, 0.717) is 17.0 Å². The third-order valence-corrected chi connectivity index (χ3v) is 8.16. The number of carbonyl (C=O) groups is 2. The van der Waals surface area contributed by atoms with Crippen LogP contribution in [-0.2, 0) is 6.54 Å². The predicted molar refractivity (Wildman–Crippen MR) is 139 cm³/mol. The summed E-state index contributed by atoms with van der Waals surface area (Å²) in [5.41, 5.74) is 13.2. The normalized spacial score (nSPS) is 21.9. The molecule has 212 valence electrons. The number of anilines is 1. The Balaban J connectivity index is 1.36. The van der Waals surface area contributed by atoms with Gasteiger partial charge in [0.25, 0.3) is 11.8 Å². The first kappa shape index (κ1) is 26.4. The fourth-order valence-electron chi connectivity index (χ4n) is 5.80. The Labute approximate surface area is 227 Å². The van der Waals surface area contributed by atoms with Crippen molar-refractivity contribution in [3.8, 4) is 17.0 Å². The Hall–Kier alpha value is -3.87. The molecule has 0 unspecified atom stereocenters. The number of hydrogen-bond acceptors (Lipinski definition) is 7. The van der Waals surface area contributed by atoms with Crippen LogP contribution in [0.3, 0.4) is 0 Å². The average Bonchev–Trinajstić information content (AvgIpc) is 3.61. The second-order valence-electron chi connectivity index (χ2n) is 11.0. The standard InChI is InChI=1S/C27H30F3N7O3/c1-13(14-2-3-14)36-12-16-10-15(11-20(21(16)26(36)39)40-27(28,29)30)19-8-9-37-24(34-19)22(23(32)35-37)25(38)33-18-6-4-17(31)5-7-18/h8-11,13-14,17-18H,2-7,12,31H2,1H3,(H2,32,35)(H,33,38)/t13-,17?,18?/m0/s1. The van der Waals surface area contributed by atoms with Gasteiger partial charge in [-0.05, 0) is 75.1 Å².